The Bertz CT molecular complexity index is 871. The SMILES string of the molecule is Cc1ccc(OCC(=O)N(C)[C@H](C)c2nc3ccccc3s2)cc1C. The maximum atomic E-state index is 12.5. The van der Waals surface area contributed by atoms with Gasteiger partial charge in [0, 0.05) is 7.05 Å². The second-order valence-corrected chi connectivity index (χ2v) is 7.30. The molecule has 0 spiro atoms. The van der Waals surface area contributed by atoms with Crippen molar-refractivity contribution in [2.24, 2.45) is 0 Å². The second-order valence-electron chi connectivity index (χ2n) is 6.24. The van der Waals surface area contributed by atoms with Crippen molar-refractivity contribution in [3.05, 3.63) is 58.6 Å². The van der Waals surface area contributed by atoms with Crippen LogP contribution in [0.25, 0.3) is 10.2 Å². The third-order valence-corrected chi connectivity index (χ3v) is 5.69. The summed E-state index contributed by atoms with van der Waals surface area (Å²) in [6.45, 7) is 6.10. The monoisotopic (exact) mass is 354 g/mol. The fourth-order valence-corrected chi connectivity index (χ4v) is 3.56. The summed E-state index contributed by atoms with van der Waals surface area (Å²) in [5.74, 6) is 0.655. The van der Waals surface area contributed by atoms with E-state index in [2.05, 4.69) is 11.9 Å². The Hall–Kier alpha value is -2.40. The number of aryl methyl sites for hydroxylation is 2. The lowest BCUT2D eigenvalue weighted by Gasteiger charge is -2.23. The third-order valence-electron chi connectivity index (χ3n) is 4.48. The average Bonchev–Trinajstić information content (AvgIpc) is 3.05. The smallest absolute Gasteiger partial charge is 0.260 e. The van der Waals surface area contributed by atoms with Gasteiger partial charge in [-0.05, 0) is 56.2 Å². The van der Waals surface area contributed by atoms with Crippen LogP contribution in [0.4, 0.5) is 0 Å². The Morgan fingerprint density at radius 2 is 1.96 bits per heavy atom. The van der Waals surface area contributed by atoms with Crippen molar-refractivity contribution in [3.8, 4) is 5.75 Å². The molecule has 0 aliphatic rings. The molecule has 2 aromatic carbocycles. The van der Waals surface area contributed by atoms with E-state index >= 15 is 0 Å². The molecule has 0 N–H and O–H groups in total. The van der Waals surface area contributed by atoms with Crippen molar-refractivity contribution in [1.29, 1.82) is 0 Å². The van der Waals surface area contributed by atoms with Gasteiger partial charge in [0.15, 0.2) is 6.61 Å². The number of nitrogens with zero attached hydrogens (tertiary/aromatic N) is 2. The molecule has 0 aliphatic carbocycles. The number of rotatable bonds is 5. The van der Waals surface area contributed by atoms with Crippen LogP contribution in [-0.4, -0.2) is 29.4 Å². The summed E-state index contributed by atoms with van der Waals surface area (Å²) in [5.41, 5.74) is 3.34. The quantitative estimate of drug-likeness (QED) is 0.677. The highest BCUT2D eigenvalue weighted by Gasteiger charge is 2.21. The number of carbonyl (C=O) groups excluding carboxylic acids is 1. The Labute approximate surface area is 152 Å². The molecular weight excluding hydrogens is 332 g/mol. The number of likely N-dealkylation sites (N-methyl/N-ethyl adjacent to an activating group) is 1. The van der Waals surface area contributed by atoms with Gasteiger partial charge in [-0.25, -0.2) is 4.98 Å². The minimum Gasteiger partial charge on any atom is -0.484 e. The lowest BCUT2D eigenvalue weighted by Crippen LogP contribution is -2.33. The number of aromatic nitrogens is 1. The van der Waals surface area contributed by atoms with Gasteiger partial charge in [-0.2, -0.15) is 0 Å². The topological polar surface area (TPSA) is 42.4 Å². The molecule has 3 rings (SSSR count). The van der Waals surface area contributed by atoms with E-state index in [1.165, 1.54) is 5.56 Å². The summed E-state index contributed by atoms with van der Waals surface area (Å²) < 4.78 is 6.80. The molecule has 0 aliphatic heterocycles. The van der Waals surface area contributed by atoms with Gasteiger partial charge < -0.3 is 9.64 Å². The van der Waals surface area contributed by atoms with E-state index in [-0.39, 0.29) is 18.6 Å². The number of thiazole rings is 1. The number of hydrogen-bond donors (Lipinski definition) is 0. The van der Waals surface area contributed by atoms with Crippen molar-refractivity contribution in [2.75, 3.05) is 13.7 Å². The number of benzene rings is 2. The predicted octanol–water partition coefficient (Wildman–Crippen LogP) is 4.51. The first-order valence-corrected chi connectivity index (χ1v) is 9.08. The predicted molar refractivity (Wildman–Crippen MR) is 102 cm³/mol. The summed E-state index contributed by atoms with van der Waals surface area (Å²) in [4.78, 5) is 18.8. The molecule has 25 heavy (non-hydrogen) atoms. The van der Waals surface area contributed by atoms with Crippen molar-refractivity contribution in [2.45, 2.75) is 26.8 Å². The molecule has 4 nitrogen and oxygen atoms in total. The van der Waals surface area contributed by atoms with Crippen LogP contribution in [0.15, 0.2) is 42.5 Å². The molecular formula is C20H22N2O2S. The molecule has 1 heterocycles. The van der Waals surface area contributed by atoms with Gasteiger partial charge in [-0.15, -0.1) is 11.3 Å². The zero-order chi connectivity index (χ0) is 18.0. The van der Waals surface area contributed by atoms with Crippen LogP contribution in [0.1, 0.15) is 29.1 Å². The first-order chi connectivity index (χ1) is 12.0. The van der Waals surface area contributed by atoms with Gasteiger partial charge in [0.2, 0.25) is 0 Å². The van der Waals surface area contributed by atoms with Gasteiger partial charge in [0.05, 0.1) is 16.3 Å². The normalized spacial score (nSPS) is 12.2. The van der Waals surface area contributed by atoms with Crippen LogP contribution in [0.5, 0.6) is 5.75 Å². The van der Waals surface area contributed by atoms with Gasteiger partial charge in [0.1, 0.15) is 10.8 Å². The van der Waals surface area contributed by atoms with Crippen LogP contribution in [0, 0.1) is 13.8 Å². The number of ether oxygens (including phenoxy) is 1. The molecule has 0 fully saturated rings. The summed E-state index contributed by atoms with van der Waals surface area (Å²) in [6, 6.07) is 13.8. The molecule has 5 heteroatoms. The summed E-state index contributed by atoms with van der Waals surface area (Å²) in [5, 5.41) is 0.934. The zero-order valence-corrected chi connectivity index (χ0v) is 15.8. The van der Waals surface area contributed by atoms with Crippen LogP contribution < -0.4 is 4.74 Å². The molecule has 0 saturated carbocycles. The van der Waals surface area contributed by atoms with Crippen LogP contribution in [0.2, 0.25) is 0 Å². The van der Waals surface area contributed by atoms with Crippen molar-refractivity contribution in [3.63, 3.8) is 0 Å². The summed E-state index contributed by atoms with van der Waals surface area (Å²) in [7, 11) is 1.79. The molecule has 3 aromatic rings. The van der Waals surface area contributed by atoms with E-state index < -0.39 is 0 Å². The minimum absolute atomic E-state index is 0.0221. The van der Waals surface area contributed by atoms with E-state index in [1.54, 1.807) is 23.3 Å². The minimum atomic E-state index is -0.0896. The fraction of sp³-hybridized carbons (Fsp3) is 0.300. The van der Waals surface area contributed by atoms with Crippen molar-refractivity contribution < 1.29 is 9.53 Å². The number of hydrogen-bond acceptors (Lipinski definition) is 4. The average molecular weight is 354 g/mol. The Balaban J connectivity index is 1.65. The summed E-state index contributed by atoms with van der Waals surface area (Å²) >= 11 is 1.62. The van der Waals surface area contributed by atoms with Gasteiger partial charge in [-0.1, -0.05) is 18.2 Å². The number of para-hydroxylation sites is 1. The number of fused-ring (bicyclic) bond motifs is 1. The van der Waals surface area contributed by atoms with E-state index in [0.29, 0.717) is 0 Å². The maximum absolute atomic E-state index is 12.5. The van der Waals surface area contributed by atoms with E-state index in [4.69, 9.17) is 4.74 Å². The standard InChI is InChI=1S/C20H22N2O2S/c1-13-9-10-16(11-14(13)2)24-12-19(23)22(4)15(3)20-21-17-7-5-6-8-18(17)25-20/h5-11,15H,12H2,1-4H3/t15-/m1/s1. The molecule has 1 atom stereocenters. The Kier molecular flexibility index (Phi) is 5.04. The Morgan fingerprint density at radius 1 is 1.20 bits per heavy atom. The van der Waals surface area contributed by atoms with Crippen LogP contribution in [-0.2, 0) is 4.79 Å². The van der Waals surface area contributed by atoms with Crippen LogP contribution in [0.3, 0.4) is 0 Å². The number of amides is 1. The first-order valence-electron chi connectivity index (χ1n) is 8.27. The summed E-state index contributed by atoms with van der Waals surface area (Å²) in [6.07, 6.45) is 0. The van der Waals surface area contributed by atoms with Crippen molar-refractivity contribution >= 4 is 27.5 Å². The van der Waals surface area contributed by atoms with E-state index in [0.717, 1.165) is 26.5 Å². The van der Waals surface area contributed by atoms with Gasteiger partial charge in [-0.3, -0.25) is 4.79 Å². The Morgan fingerprint density at radius 3 is 2.68 bits per heavy atom. The second kappa shape index (κ2) is 7.23. The molecule has 0 bridgehead atoms. The lowest BCUT2D eigenvalue weighted by atomic mass is 10.1. The highest BCUT2D eigenvalue weighted by atomic mass is 32.1. The molecule has 0 unspecified atom stereocenters. The van der Waals surface area contributed by atoms with Gasteiger partial charge in [0.25, 0.3) is 5.91 Å². The van der Waals surface area contributed by atoms with E-state index in [1.807, 2.05) is 56.3 Å². The van der Waals surface area contributed by atoms with Crippen LogP contribution >= 0.6 is 11.3 Å². The fourth-order valence-electron chi connectivity index (χ4n) is 2.50. The van der Waals surface area contributed by atoms with Crippen molar-refractivity contribution in [1.82, 2.24) is 9.88 Å². The number of carbonyl (C=O) groups is 1. The third kappa shape index (κ3) is 3.82. The molecule has 130 valence electrons. The van der Waals surface area contributed by atoms with E-state index in [9.17, 15) is 4.79 Å². The molecule has 1 amide bonds. The molecule has 0 saturated heterocycles. The largest absolute Gasteiger partial charge is 0.484 e. The highest BCUT2D eigenvalue weighted by molar-refractivity contribution is 7.18. The maximum Gasteiger partial charge on any atom is 0.260 e. The lowest BCUT2D eigenvalue weighted by molar-refractivity contribution is -0.134. The zero-order valence-electron chi connectivity index (χ0n) is 14.9. The molecule has 0 radical (unpaired) electrons. The highest BCUT2D eigenvalue weighted by Crippen LogP contribution is 2.28. The van der Waals surface area contributed by atoms with Gasteiger partial charge >= 0.3 is 0 Å². The first kappa shape index (κ1) is 17.4. The molecule has 1 aromatic heterocycles.